The topological polar surface area (TPSA) is 74.3 Å². The van der Waals surface area contributed by atoms with Crippen molar-refractivity contribution in [3.8, 4) is 0 Å². The van der Waals surface area contributed by atoms with Gasteiger partial charge in [0.25, 0.3) is 5.91 Å². The fourth-order valence-electron chi connectivity index (χ4n) is 4.18. The molecule has 1 saturated heterocycles. The molecule has 6 heteroatoms. The van der Waals surface area contributed by atoms with Crippen LogP contribution in [0.3, 0.4) is 0 Å². The smallest absolute Gasteiger partial charge is 0.268 e. The molecule has 0 unspecified atom stereocenters. The van der Waals surface area contributed by atoms with Crippen LogP contribution >= 0.6 is 0 Å². The van der Waals surface area contributed by atoms with E-state index in [-0.39, 0.29) is 5.70 Å². The first-order valence-electron chi connectivity index (χ1n) is 14.2. The third kappa shape index (κ3) is 18.6. The van der Waals surface area contributed by atoms with Crippen LogP contribution in [-0.2, 0) is 4.79 Å². The summed E-state index contributed by atoms with van der Waals surface area (Å²) in [5, 5.41) is 0. The Balaban J connectivity index is 0.000000599. The Labute approximate surface area is 228 Å². The molecule has 2 N–H and O–H groups in total. The number of hydrogen-bond acceptors (Lipinski definition) is 5. The largest absolute Gasteiger partial charge is 0.364 e. The lowest BCUT2D eigenvalue weighted by Gasteiger charge is -2.21. The number of carbonyl (C=O) groups is 1. The van der Waals surface area contributed by atoms with Crippen molar-refractivity contribution in [1.82, 2.24) is 9.80 Å². The normalized spacial score (nSPS) is 16.8. The number of likely N-dealkylation sites (tertiary alicyclic amines) is 1. The van der Waals surface area contributed by atoms with Gasteiger partial charge in [0.15, 0.2) is 0 Å². The molecular formula is C31H55N5O. The van der Waals surface area contributed by atoms with Crippen molar-refractivity contribution in [2.24, 2.45) is 15.7 Å². The second kappa shape index (κ2) is 22.9. The Morgan fingerprint density at radius 2 is 1.78 bits per heavy atom. The van der Waals surface area contributed by atoms with Gasteiger partial charge in [-0.2, -0.15) is 0 Å². The molecule has 0 aromatic carbocycles. The van der Waals surface area contributed by atoms with Crippen LogP contribution in [0.1, 0.15) is 92.4 Å². The highest BCUT2D eigenvalue weighted by atomic mass is 16.1. The number of unbranched alkanes of at least 4 members (excludes halogenated alkanes) is 2. The average Bonchev–Trinajstić information content (AvgIpc) is 3.21. The van der Waals surface area contributed by atoms with Gasteiger partial charge in [-0.1, -0.05) is 68.9 Å². The summed E-state index contributed by atoms with van der Waals surface area (Å²) < 4.78 is 0. The Kier molecular flexibility index (Phi) is 21.4. The van der Waals surface area contributed by atoms with Crippen LogP contribution in [0.4, 0.5) is 0 Å². The Hall–Kier alpha value is -2.31. The number of allylic oxidation sites excluding steroid dienone is 5. The highest BCUT2D eigenvalue weighted by Gasteiger charge is 2.07. The van der Waals surface area contributed by atoms with Gasteiger partial charge in [0.1, 0.15) is 5.70 Å². The molecular weight excluding hydrogens is 458 g/mol. The lowest BCUT2D eigenvalue weighted by molar-refractivity contribution is -0.114. The zero-order valence-electron chi connectivity index (χ0n) is 24.8. The van der Waals surface area contributed by atoms with E-state index in [9.17, 15) is 4.79 Å². The Bertz CT molecular complexity index is 783. The number of carbonyl (C=O) groups excluding carboxylic acids is 1. The van der Waals surface area contributed by atoms with Crippen LogP contribution in [-0.4, -0.2) is 68.4 Å². The molecule has 37 heavy (non-hydrogen) atoms. The highest BCUT2D eigenvalue weighted by Crippen LogP contribution is 2.21. The summed E-state index contributed by atoms with van der Waals surface area (Å²) in [5.74, 6) is -0.606. The van der Waals surface area contributed by atoms with E-state index in [2.05, 4.69) is 79.5 Å². The van der Waals surface area contributed by atoms with Crippen LogP contribution in [0.25, 0.3) is 0 Å². The maximum atomic E-state index is 10.4. The van der Waals surface area contributed by atoms with E-state index in [0.717, 1.165) is 6.42 Å². The molecule has 0 radical (unpaired) electrons. The van der Waals surface area contributed by atoms with E-state index in [1.807, 2.05) is 0 Å². The fourth-order valence-corrected chi connectivity index (χ4v) is 4.18. The molecule has 1 fully saturated rings. The van der Waals surface area contributed by atoms with Crippen molar-refractivity contribution in [3.63, 3.8) is 0 Å². The van der Waals surface area contributed by atoms with Crippen LogP contribution in [0.15, 0.2) is 56.8 Å². The molecule has 2 rings (SSSR count). The molecule has 0 aromatic rings. The van der Waals surface area contributed by atoms with Gasteiger partial charge in [0, 0.05) is 12.8 Å². The lowest BCUT2D eigenvalue weighted by atomic mass is 10.0. The number of hydrogen-bond donors (Lipinski definition) is 1. The lowest BCUT2D eigenvalue weighted by Crippen LogP contribution is -2.26. The van der Waals surface area contributed by atoms with Crippen molar-refractivity contribution < 1.29 is 4.79 Å². The molecule has 1 aliphatic heterocycles. The third-order valence-electron chi connectivity index (χ3n) is 6.56. The molecule has 0 atom stereocenters. The molecule has 0 spiro atoms. The molecule has 210 valence electrons. The quantitative estimate of drug-likeness (QED) is 0.190. The zero-order valence-corrected chi connectivity index (χ0v) is 24.8. The van der Waals surface area contributed by atoms with Gasteiger partial charge in [-0.25, -0.2) is 0 Å². The van der Waals surface area contributed by atoms with Crippen LogP contribution in [0.5, 0.6) is 0 Å². The van der Waals surface area contributed by atoms with E-state index in [1.165, 1.54) is 113 Å². The standard InChI is InChI=1S/C18H31N.C7H15N.C6H9N3O/c1-5-7-8-13-19(6-2)14-12-18-15-16(3)10-9-11-17(18)4;1-8-6-4-2-3-5-7-8;1-3-9-5(4-8-2)6(7)10/h10-11,15H,5-9,12-14H2,1-4H3;2-7H2,1H3;3-4H,2H2,1H3,(H2,7,10)/b;;5-4-,9-3?. The molecule has 1 aliphatic carbocycles. The first-order chi connectivity index (χ1) is 17.8. The molecule has 0 saturated carbocycles. The third-order valence-corrected chi connectivity index (χ3v) is 6.56. The average molecular weight is 514 g/mol. The number of nitrogens with two attached hydrogens (primary N) is 1. The molecule has 1 heterocycles. The monoisotopic (exact) mass is 513 g/mol. The number of aliphatic imine (C=N–C) groups is 2. The molecule has 2 aliphatic rings. The number of nitrogens with zero attached hydrogens (tertiary/aromatic N) is 4. The minimum atomic E-state index is -0.606. The number of rotatable bonds is 11. The predicted octanol–water partition coefficient (Wildman–Crippen LogP) is 6.71. The first-order valence-corrected chi connectivity index (χ1v) is 14.2. The summed E-state index contributed by atoms with van der Waals surface area (Å²) in [6, 6.07) is 0. The minimum absolute atomic E-state index is 0.109. The van der Waals surface area contributed by atoms with Gasteiger partial charge in [-0.15, -0.1) is 0 Å². The summed E-state index contributed by atoms with van der Waals surface area (Å²) in [4.78, 5) is 22.4. The van der Waals surface area contributed by atoms with Crippen molar-refractivity contribution in [1.29, 1.82) is 0 Å². The van der Waals surface area contributed by atoms with Crippen molar-refractivity contribution >= 4 is 18.8 Å². The number of amides is 1. The first kappa shape index (κ1) is 34.7. The van der Waals surface area contributed by atoms with Gasteiger partial charge in [-0.3, -0.25) is 14.8 Å². The summed E-state index contributed by atoms with van der Waals surface area (Å²) in [5.41, 5.74) is 9.42. The maximum Gasteiger partial charge on any atom is 0.268 e. The maximum absolute atomic E-state index is 10.4. The van der Waals surface area contributed by atoms with Gasteiger partial charge < -0.3 is 15.5 Å². The van der Waals surface area contributed by atoms with E-state index < -0.39 is 5.91 Å². The van der Waals surface area contributed by atoms with Crippen LogP contribution < -0.4 is 5.73 Å². The predicted molar refractivity (Wildman–Crippen MR) is 163 cm³/mol. The van der Waals surface area contributed by atoms with Crippen molar-refractivity contribution in [2.75, 3.05) is 39.8 Å². The fraction of sp³-hybridized carbons (Fsp3) is 0.645. The van der Waals surface area contributed by atoms with Crippen LogP contribution in [0.2, 0.25) is 0 Å². The Morgan fingerprint density at radius 1 is 1.11 bits per heavy atom. The zero-order chi connectivity index (χ0) is 27.9. The molecule has 0 bridgehead atoms. The number of primary amides is 1. The Morgan fingerprint density at radius 3 is 2.32 bits per heavy atom. The van der Waals surface area contributed by atoms with Crippen molar-refractivity contribution in [3.05, 3.63) is 46.8 Å². The summed E-state index contributed by atoms with van der Waals surface area (Å²) in [6.07, 6.45) is 21.7. The van der Waals surface area contributed by atoms with E-state index >= 15 is 0 Å². The SMILES string of the molecule is C=N/C=C(\N=CC)C(N)=O.CCCCCN(CC)CCC1=CC(C)=CCC=C1C.CN1CCCCCC1. The summed E-state index contributed by atoms with van der Waals surface area (Å²) >= 11 is 0. The van der Waals surface area contributed by atoms with E-state index in [4.69, 9.17) is 5.73 Å². The van der Waals surface area contributed by atoms with Gasteiger partial charge in [-0.05, 0) is 98.4 Å². The van der Waals surface area contributed by atoms with Gasteiger partial charge in [0.2, 0.25) is 0 Å². The summed E-state index contributed by atoms with van der Waals surface area (Å²) in [6.45, 7) is 20.1. The second-order valence-electron chi connectivity index (χ2n) is 9.80. The van der Waals surface area contributed by atoms with Crippen LogP contribution in [0, 0.1) is 0 Å². The summed E-state index contributed by atoms with van der Waals surface area (Å²) in [7, 11) is 2.21. The highest BCUT2D eigenvalue weighted by molar-refractivity contribution is 5.92. The van der Waals surface area contributed by atoms with Gasteiger partial charge >= 0.3 is 0 Å². The second-order valence-corrected chi connectivity index (χ2v) is 9.80. The molecule has 1 amide bonds. The van der Waals surface area contributed by atoms with E-state index in [1.54, 1.807) is 6.92 Å². The molecule has 0 aromatic heterocycles. The van der Waals surface area contributed by atoms with Gasteiger partial charge in [0.05, 0.1) is 6.20 Å². The van der Waals surface area contributed by atoms with Crippen molar-refractivity contribution in [2.45, 2.75) is 92.4 Å². The minimum Gasteiger partial charge on any atom is -0.364 e. The van der Waals surface area contributed by atoms with E-state index in [0.29, 0.717) is 0 Å². The molecule has 6 nitrogen and oxygen atoms in total.